The number of benzene rings is 1. The lowest BCUT2D eigenvalue weighted by molar-refractivity contribution is -0.118. The average Bonchev–Trinajstić information content (AvgIpc) is 2.95. The summed E-state index contributed by atoms with van der Waals surface area (Å²) >= 11 is 1.51. The zero-order chi connectivity index (χ0) is 15.1. The van der Waals surface area contributed by atoms with Crippen molar-refractivity contribution in [2.24, 2.45) is 0 Å². The summed E-state index contributed by atoms with van der Waals surface area (Å²) in [6.07, 6.45) is 0. The molecule has 0 fully saturated rings. The van der Waals surface area contributed by atoms with Gasteiger partial charge in [0.05, 0.1) is 17.5 Å². The molecule has 0 aliphatic heterocycles. The van der Waals surface area contributed by atoms with Gasteiger partial charge < -0.3 is 5.32 Å². The molecular weight excluding hydrogens is 286 g/mol. The number of amides is 1. The molecule has 2 aromatic rings. The second-order valence-corrected chi connectivity index (χ2v) is 5.87. The fraction of sp³-hybridized carbons (Fsp3) is 0.429. The molecule has 0 unspecified atom stereocenters. The maximum Gasteiger partial charge on any atom is 0.230 e. The molecule has 0 bridgehead atoms. The van der Waals surface area contributed by atoms with Gasteiger partial charge in [0.25, 0.3) is 0 Å². The van der Waals surface area contributed by atoms with E-state index in [0.29, 0.717) is 18.1 Å². The highest BCUT2D eigenvalue weighted by Gasteiger charge is 2.10. The van der Waals surface area contributed by atoms with E-state index in [2.05, 4.69) is 20.8 Å². The summed E-state index contributed by atoms with van der Waals surface area (Å²) < 4.78 is 1.77. The Morgan fingerprint density at radius 1 is 1.33 bits per heavy atom. The lowest BCUT2D eigenvalue weighted by Crippen LogP contribution is -2.24. The lowest BCUT2D eigenvalue weighted by Gasteiger charge is -2.07. The molecule has 1 aromatic carbocycles. The number of rotatable bonds is 7. The Morgan fingerprint density at radius 3 is 2.81 bits per heavy atom. The summed E-state index contributed by atoms with van der Waals surface area (Å²) in [6.45, 7) is 4.61. The third-order valence-electron chi connectivity index (χ3n) is 2.85. The molecule has 1 heterocycles. The number of nitrogens with one attached hydrogen (secondary N) is 1. The molecule has 7 heteroatoms. The van der Waals surface area contributed by atoms with Crippen molar-refractivity contribution >= 4 is 17.7 Å². The van der Waals surface area contributed by atoms with Crippen LogP contribution in [0.1, 0.15) is 31.3 Å². The molecule has 0 radical (unpaired) electrons. The van der Waals surface area contributed by atoms with E-state index in [9.17, 15) is 4.79 Å². The van der Waals surface area contributed by atoms with Crippen molar-refractivity contribution in [1.29, 1.82) is 0 Å². The Hall–Kier alpha value is -1.89. The molecule has 0 saturated carbocycles. The van der Waals surface area contributed by atoms with Crippen molar-refractivity contribution in [1.82, 2.24) is 25.5 Å². The van der Waals surface area contributed by atoms with Gasteiger partial charge in [0, 0.05) is 6.54 Å². The van der Waals surface area contributed by atoms with Gasteiger partial charge in [-0.25, -0.2) is 4.68 Å². The maximum absolute atomic E-state index is 11.8. The topological polar surface area (TPSA) is 72.7 Å². The largest absolute Gasteiger partial charge is 0.351 e. The maximum atomic E-state index is 11.8. The Balaban J connectivity index is 1.71. The quantitative estimate of drug-likeness (QED) is 0.844. The van der Waals surface area contributed by atoms with Crippen molar-refractivity contribution < 1.29 is 4.79 Å². The molecule has 0 aliphatic carbocycles. The standard InChI is InChI=1S/C14H19N5OS/c1-11(2)19-13(16-17-18-19)9-21-10-14(20)15-8-12-6-4-3-5-7-12/h3-7,11H,8-10H2,1-2H3,(H,15,20). The number of aromatic nitrogens is 4. The summed E-state index contributed by atoms with van der Waals surface area (Å²) in [5.74, 6) is 1.85. The summed E-state index contributed by atoms with van der Waals surface area (Å²) in [4.78, 5) is 11.8. The number of tetrazole rings is 1. The van der Waals surface area contributed by atoms with E-state index >= 15 is 0 Å². The van der Waals surface area contributed by atoms with E-state index in [1.54, 1.807) is 4.68 Å². The highest BCUT2D eigenvalue weighted by Crippen LogP contribution is 2.12. The van der Waals surface area contributed by atoms with Crippen LogP contribution in [0.25, 0.3) is 0 Å². The fourth-order valence-corrected chi connectivity index (χ4v) is 2.55. The summed E-state index contributed by atoms with van der Waals surface area (Å²) in [5, 5.41) is 14.5. The monoisotopic (exact) mass is 305 g/mol. The highest BCUT2D eigenvalue weighted by atomic mass is 32.2. The van der Waals surface area contributed by atoms with Crippen LogP contribution in [-0.4, -0.2) is 31.9 Å². The zero-order valence-corrected chi connectivity index (χ0v) is 13.0. The first kappa shape index (κ1) is 15.5. The molecule has 112 valence electrons. The molecule has 0 atom stereocenters. The van der Waals surface area contributed by atoms with E-state index in [1.807, 2.05) is 44.2 Å². The van der Waals surface area contributed by atoms with Crippen molar-refractivity contribution in [2.75, 3.05) is 5.75 Å². The van der Waals surface area contributed by atoms with Gasteiger partial charge in [-0.05, 0) is 29.8 Å². The van der Waals surface area contributed by atoms with Crippen LogP contribution in [0.4, 0.5) is 0 Å². The predicted molar refractivity (Wildman–Crippen MR) is 82.7 cm³/mol. The molecule has 0 aliphatic rings. The van der Waals surface area contributed by atoms with Gasteiger partial charge in [0.1, 0.15) is 0 Å². The van der Waals surface area contributed by atoms with Gasteiger partial charge in [-0.1, -0.05) is 30.3 Å². The second-order valence-electron chi connectivity index (χ2n) is 4.89. The van der Waals surface area contributed by atoms with Crippen molar-refractivity contribution in [3.8, 4) is 0 Å². The smallest absolute Gasteiger partial charge is 0.230 e. The molecule has 2 rings (SSSR count). The first-order valence-electron chi connectivity index (χ1n) is 6.82. The van der Waals surface area contributed by atoms with Crippen LogP contribution >= 0.6 is 11.8 Å². The number of hydrogen-bond acceptors (Lipinski definition) is 5. The van der Waals surface area contributed by atoms with E-state index in [-0.39, 0.29) is 11.9 Å². The highest BCUT2D eigenvalue weighted by molar-refractivity contribution is 7.99. The normalized spacial score (nSPS) is 10.8. The summed E-state index contributed by atoms with van der Waals surface area (Å²) in [5.41, 5.74) is 1.10. The van der Waals surface area contributed by atoms with Gasteiger partial charge in [-0.3, -0.25) is 4.79 Å². The van der Waals surface area contributed by atoms with E-state index in [0.717, 1.165) is 11.4 Å². The van der Waals surface area contributed by atoms with Crippen LogP contribution in [0.5, 0.6) is 0 Å². The molecule has 21 heavy (non-hydrogen) atoms. The third-order valence-corrected chi connectivity index (χ3v) is 3.78. The Kier molecular flexibility index (Phi) is 5.74. The van der Waals surface area contributed by atoms with Crippen molar-refractivity contribution in [2.45, 2.75) is 32.2 Å². The van der Waals surface area contributed by atoms with Crippen LogP contribution in [0.2, 0.25) is 0 Å². The van der Waals surface area contributed by atoms with Crippen LogP contribution in [-0.2, 0) is 17.1 Å². The van der Waals surface area contributed by atoms with Crippen LogP contribution in [0.15, 0.2) is 30.3 Å². The first-order chi connectivity index (χ1) is 10.2. The van der Waals surface area contributed by atoms with Gasteiger partial charge in [0.15, 0.2) is 5.82 Å². The van der Waals surface area contributed by atoms with Gasteiger partial charge in [-0.2, -0.15) is 0 Å². The zero-order valence-electron chi connectivity index (χ0n) is 12.2. The summed E-state index contributed by atoms with van der Waals surface area (Å²) in [6, 6.07) is 10.1. The van der Waals surface area contributed by atoms with E-state index in [1.165, 1.54) is 11.8 Å². The van der Waals surface area contributed by atoms with Crippen molar-refractivity contribution in [3.05, 3.63) is 41.7 Å². The number of carbonyl (C=O) groups is 1. The van der Waals surface area contributed by atoms with E-state index in [4.69, 9.17) is 0 Å². The lowest BCUT2D eigenvalue weighted by atomic mass is 10.2. The number of carbonyl (C=O) groups excluding carboxylic acids is 1. The number of thioether (sulfide) groups is 1. The minimum atomic E-state index is 0.0208. The first-order valence-corrected chi connectivity index (χ1v) is 7.97. The minimum Gasteiger partial charge on any atom is -0.351 e. The van der Waals surface area contributed by atoms with Crippen LogP contribution in [0, 0.1) is 0 Å². The van der Waals surface area contributed by atoms with Gasteiger partial charge >= 0.3 is 0 Å². The minimum absolute atomic E-state index is 0.0208. The Labute approximate surface area is 128 Å². The Morgan fingerprint density at radius 2 is 2.10 bits per heavy atom. The number of hydrogen-bond donors (Lipinski definition) is 1. The third kappa shape index (κ3) is 4.86. The van der Waals surface area contributed by atoms with Crippen LogP contribution < -0.4 is 5.32 Å². The Bertz CT molecular complexity index is 570. The van der Waals surface area contributed by atoms with Crippen LogP contribution in [0.3, 0.4) is 0 Å². The van der Waals surface area contributed by atoms with Crippen molar-refractivity contribution in [3.63, 3.8) is 0 Å². The molecule has 1 amide bonds. The molecular formula is C14H19N5OS. The average molecular weight is 305 g/mol. The predicted octanol–water partition coefficient (Wildman–Crippen LogP) is 1.80. The summed E-state index contributed by atoms with van der Waals surface area (Å²) in [7, 11) is 0. The fourth-order valence-electron chi connectivity index (χ4n) is 1.79. The molecule has 0 spiro atoms. The number of nitrogens with zero attached hydrogens (tertiary/aromatic N) is 4. The molecule has 0 saturated heterocycles. The van der Waals surface area contributed by atoms with Gasteiger partial charge in [0.2, 0.25) is 5.91 Å². The second kappa shape index (κ2) is 7.78. The van der Waals surface area contributed by atoms with Gasteiger partial charge in [-0.15, -0.1) is 16.9 Å². The SMILES string of the molecule is CC(C)n1nnnc1CSCC(=O)NCc1ccccc1. The molecule has 6 nitrogen and oxygen atoms in total. The molecule has 1 N–H and O–H groups in total. The van der Waals surface area contributed by atoms with E-state index < -0.39 is 0 Å². The molecule has 1 aromatic heterocycles.